The lowest BCUT2D eigenvalue weighted by Crippen LogP contribution is -2.18. The maximum Gasteiger partial charge on any atom is 0.338 e. The molecule has 0 saturated heterocycles. The van der Waals surface area contributed by atoms with Crippen molar-refractivity contribution in [2.24, 2.45) is 5.92 Å². The third-order valence-corrected chi connectivity index (χ3v) is 2.53. The third kappa shape index (κ3) is 3.58. The summed E-state index contributed by atoms with van der Waals surface area (Å²) in [6.45, 7) is 7.61. The molecule has 1 rings (SSSR count). The van der Waals surface area contributed by atoms with Crippen molar-refractivity contribution in [1.29, 1.82) is 0 Å². The Morgan fingerprint density at radius 3 is 2.56 bits per heavy atom. The van der Waals surface area contributed by atoms with Gasteiger partial charge in [0.15, 0.2) is 0 Å². The topological polar surface area (TPSA) is 55.4 Å². The molecule has 0 unspecified atom stereocenters. The number of rotatable bonds is 4. The fourth-order valence-corrected chi connectivity index (χ4v) is 1.38. The highest BCUT2D eigenvalue weighted by Crippen LogP contribution is 2.18. The van der Waals surface area contributed by atoms with Gasteiger partial charge in [-0.2, -0.15) is 0 Å². The molecule has 4 nitrogen and oxygen atoms in total. The molecule has 1 amide bonds. The molecular weight excluding hydrogens is 230 g/mol. The minimum absolute atomic E-state index is 0.0703. The fraction of sp³-hybridized carbons (Fsp3) is 0.429. The van der Waals surface area contributed by atoms with Crippen molar-refractivity contribution in [3.63, 3.8) is 0 Å². The Hall–Kier alpha value is -1.84. The average Bonchev–Trinajstić information content (AvgIpc) is 2.31. The van der Waals surface area contributed by atoms with Crippen LogP contribution in [0.2, 0.25) is 0 Å². The van der Waals surface area contributed by atoms with E-state index in [9.17, 15) is 9.59 Å². The summed E-state index contributed by atoms with van der Waals surface area (Å²) < 4.78 is 4.92. The molecule has 18 heavy (non-hydrogen) atoms. The zero-order valence-electron chi connectivity index (χ0n) is 11.2. The van der Waals surface area contributed by atoms with E-state index in [4.69, 9.17) is 4.74 Å². The van der Waals surface area contributed by atoms with Gasteiger partial charge in [0.2, 0.25) is 5.91 Å². The molecule has 0 aliphatic heterocycles. The Balaban J connectivity index is 2.94. The van der Waals surface area contributed by atoms with Gasteiger partial charge in [0.05, 0.1) is 12.2 Å². The van der Waals surface area contributed by atoms with Gasteiger partial charge in [-0.05, 0) is 31.5 Å². The molecule has 0 spiro atoms. The summed E-state index contributed by atoms with van der Waals surface area (Å²) in [6.07, 6.45) is 0. The van der Waals surface area contributed by atoms with Crippen LogP contribution >= 0.6 is 0 Å². The molecule has 1 aromatic rings. The molecule has 0 aliphatic carbocycles. The summed E-state index contributed by atoms with van der Waals surface area (Å²) in [5, 5.41) is 2.80. The van der Waals surface area contributed by atoms with Crippen molar-refractivity contribution in [1.82, 2.24) is 0 Å². The smallest absolute Gasteiger partial charge is 0.338 e. The van der Waals surface area contributed by atoms with Gasteiger partial charge in [0, 0.05) is 11.6 Å². The second-order valence-electron chi connectivity index (χ2n) is 4.39. The van der Waals surface area contributed by atoms with E-state index >= 15 is 0 Å². The van der Waals surface area contributed by atoms with Crippen LogP contribution in [0.4, 0.5) is 5.69 Å². The minimum atomic E-state index is -0.377. The molecule has 1 N–H and O–H groups in total. The lowest BCUT2D eigenvalue weighted by atomic mass is 10.1. The summed E-state index contributed by atoms with van der Waals surface area (Å²) >= 11 is 0. The number of amides is 1. The summed E-state index contributed by atoms with van der Waals surface area (Å²) in [5.74, 6) is -0.549. The molecule has 0 aliphatic rings. The first-order chi connectivity index (χ1) is 8.45. The molecule has 0 radical (unpaired) electrons. The maximum absolute atomic E-state index is 11.6. The van der Waals surface area contributed by atoms with Crippen LogP contribution in [0, 0.1) is 12.8 Å². The van der Waals surface area contributed by atoms with Crippen LogP contribution in [0.15, 0.2) is 18.2 Å². The third-order valence-electron chi connectivity index (χ3n) is 2.53. The second-order valence-corrected chi connectivity index (χ2v) is 4.39. The number of hydrogen-bond acceptors (Lipinski definition) is 3. The van der Waals surface area contributed by atoms with Gasteiger partial charge < -0.3 is 10.1 Å². The number of hydrogen-bond donors (Lipinski definition) is 1. The Bertz CT molecular complexity index is 452. The number of benzene rings is 1. The van der Waals surface area contributed by atoms with Crippen molar-refractivity contribution in [3.8, 4) is 0 Å². The van der Waals surface area contributed by atoms with Crippen LogP contribution in [0.1, 0.15) is 36.7 Å². The Kier molecular flexibility index (Phi) is 4.89. The number of nitrogens with one attached hydrogen (secondary N) is 1. The molecule has 0 aromatic heterocycles. The van der Waals surface area contributed by atoms with E-state index in [1.54, 1.807) is 25.1 Å². The van der Waals surface area contributed by atoms with Crippen molar-refractivity contribution in [3.05, 3.63) is 29.3 Å². The summed E-state index contributed by atoms with van der Waals surface area (Å²) in [7, 11) is 0. The van der Waals surface area contributed by atoms with Gasteiger partial charge in [-0.1, -0.05) is 19.9 Å². The van der Waals surface area contributed by atoms with Crippen molar-refractivity contribution in [2.45, 2.75) is 27.7 Å². The summed E-state index contributed by atoms with van der Waals surface area (Å²) in [4.78, 5) is 23.2. The van der Waals surface area contributed by atoms with Crippen LogP contribution in [0.5, 0.6) is 0 Å². The van der Waals surface area contributed by atoms with E-state index in [1.165, 1.54) is 0 Å². The summed E-state index contributed by atoms with van der Waals surface area (Å²) in [6, 6.07) is 5.13. The van der Waals surface area contributed by atoms with Crippen LogP contribution in [-0.2, 0) is 9.53 Å². The number of esters is 1. The minimum Gasteiger partial charge on any atom is -0.462 e. The van der Waals surface area contributed by atoms with Gasteiger partial charge in [-0.3, -0.25) is 4.79 Å². The molecule has 0 saturated carbocycles. The molecule has 0 bridgehead atoms. The largest absolute Gasteiger partial charge is 0.462 e. The number of carbonyl (C=O) groups excluding carboxylic acids is 2. The zero-order chi connectivity index (χ0) is 13.7. The van der Waals surface area contributed by atoms with Gasteiger partial charge in [-0.25, -0.2) is 4.79 Å². The standard InChI is InChI=1S/C14H19NO3/c1-5-18-14(17)11-7-6-10(4)12(8-11)15-13(16)9(2)3/h6-9H,5H2,1-4H3,(H,15,16). The highest BCUT2D eigenvalue weighted by molar-refractivity contribution is 5.96. The Morgan fingerprint density at radius 2 is 2.00 bits per heavy atom. The first-order valence-electron chi connectivity index (χ1n) is 6.04. The molecule has 0 fully saturated rings. The quantitative estimate of drug-likeness (QED) is 0.835. The predicted octanol–water partition coefficient (Wildman–Crippen LogP) is 2.77. The van der Waals surface area contributed by atoms with E-state index in [1.807, 2.05) is 20.8 Å². The van der Waals surface area contributed by atoms with Gasteiger partial charge in [0.25, 0.3) is 0 Å². The van der Waals surface area contributed by atoms with E-state index in [0.29, 0.717) is 17.9 Å². The molecule has 4 heteroatoms. The molecule has 0 heterocycles. The molecule has 0 atom stereocenters. The van der Waals surface area contributed by atoms with Gasteiger partial charge in [0.1, 0.15) is 0 Å². The highest BCUT2D eigenvalue weighted by Gasteiger charge is 2.12. The maximum atomic E-state index is 11.6. The SMILES string of the molecule is CCOC(=O)c1ccc(C)c(NC(=O)C(C)C)c1. The summed E-state index contributed by atoms with van der Waals surface area (Å²) in [5.41, 5.74) is 2.01. The number of carbonyl (C=O) groups is 2. The first kappa shape index (κ1) is 14.2. The van der Waals surface area contributed by atoms with Crippen molar-refractivity contribution < 1.29 is 14.3 Å². The van der Waals surface area contributed by atoms with Gasteiger partial charge >= 0.3 is 5.97 Å². The molecule has 1 aromatic carbocycles. The van der Waals surface area contributed by atoms with Crippen LogP contribution < -0.4 is 5.32 Å². The van der Waals surface area contributed by atoms with E-state index < -0.39 is 0 Å². The van der Waals surface area contributed by atoms with Crippen LogP contribution in [0.3, 0.4) is 0 Å². The Morgan fingerprint density at radius 1 is 1.33 bits per heavy atom. The van der Waals surface area contributed by atoms with E-state index in [0.717, 1.165) is 5.56 Å². The van der Waals surface area contributed by atoms with Crippen LogP contribution in [-0.4, -0.2) is 18.5 Å². The first-order valence-corrected chi connectivity index (χ1v) is 6.04. The number of ether oxygens (including phenoxy) is 1. The number of aryl methyl sites for hydroxylation is 1. The average molecular weight is 249 g/mol. The normalized spacial score (nSPS) is 10.3. The lowest BCUT2D eigenvalue weighted by Gasteiger charge is -2.11. The predicted molar refractivity (Wildman–Crippen MR) is 70.6 cm³/mol. The molecular formula is C14H19NO3. The van der Waals surface area contributed by atoms with Crippen LogP contribution in [0.25, 0.3) is 0 Å². The van der Waals surface area contributed by atoms with Gasteiger partial charge in [-0.15, -0.1) is 0 Å². The lowest BCUT2D eigenvalue weighted by molar-refractivity contribution is -0.118. The van der Waals surface area contributed by atoms with E-state index in [-0.39, 0.29) is 17.8 Å². The molecule has 98 valence electrons. The van der Waals surface area contributed by atoms with Crippen molar-refractivity contribution in [2.75, 3.05) is 11.9 Å². The van der Waals surface area contributed by atoms with Crippen molar-refractivity contribution >= 4 is 17.6 Å². The monoisotopic (exact) mass is 249 g/mol. The zero-order valence-corrected chi connectivity index (χ0v) is 11.2. The fourth-order valence-electron chi connectivity index (χ4n) is 1.38. The van der Waals surface area contributed by atoms with E-state index in [2.05, 4.69) is 5.32 Å². The Labute approximate surface area is 107 Å². The second kappa shape index (κ2) is 6.19. The number of anilines is 1. The highest BCUT2D eigenvalue weighted by atomic mass is 16.5.